The molecule has 17 heavy (non-hydrogen) atoms. The molecule has 0 radical (unpaired) electrons. The van der Waals surface area contributed by atoms with Crippen LogP contribution in [0.5, 0.6) is 11.5 Å². The van der Waals surface area contributed by atoms with E-state index in [-0.39, 0.29) is 6.61 Å². The molecule has 4 heteroatoms. The Morgan fingerprint density at radius 2 is 2.00 bits per heavy atom. The molecule has 1 aliphatic rings. The highest BCUT2D eigenvalue weighted by atomic mass is 35.5. The molecular formula is C13H17ClO3. The molecule has 0 aromatic heterocycles. The predicted molar refractivity (Wildman–Crippen MR) is 67.3 cm³/mol. The van der Waals surface area contributed by atoms with Crippen LogP contribution in [-0.4, -0.2) is 24.9 Å². The molecule has 0 unspecified atom stereocenters. The van der Waals surface area contributed by atoms with Crippen molar-refractivity contribution in [3.63, 3.8) is 0 Å². The second-order valence-corrected chi connectivity index (χ2v) is 5.33. The Morgan fingerprint density at radius 3 is 2.65 bits per heavy atom. The van der Waals surface area contributed by atoms with E-state index in [4.69, 9.17) is 21.1 Å². The highest BCUT2D eigenvalue weighted by Gasteiger charge is 2.29. The van der Waals surface area contributed by atoms with Crippen molar-refractivity contribution in [3.05, 3.63) is 22.2 Å². The van der Waals surface area contributed by atoms with Crippen molar-refractivity contribution in [2.75, 3.05) is 19.8 Å². The molecule has 0 bridgehead atoms. The van der Waals surface area contributed by atoms with Gasteiger partial charge < -0.3 is 14.6 Å². The van der Waals surface area contributed by atoms with Gasteiger partial charge in [-0.25, -0.2) is 0 Å². The molecule has 1 heterocycles. The number of aliphatic hydroxyl groups is 1. The van der Waals surface area contributed by atoms with Gasteiger partial charge >= 0.3 is 0 Å². The molecule has 0 fully saturated rings. The topological polar surface area (TPSA) is 38.7 Å². The molecule has 0 aliphatic carbocycles. The molecule has 1 aromatic carbocycles. The summed E-state index contributed by atoms with van der Waals surface area (Å²) in [6.07, 6.45) is 0. The fraction of sp³-hybridized carbons (Fsp3) is 0.538. The summed E-state index contributed by atoms with van der Waals surface area (Å²) in [5.41, 5.74) is 1.48. The van der Waals surface area contributed by atoms with Gasteiger partial charge in [0.2, 0.25) is 0 Å². The quantitative estimate of drug-likeness (QED) is 0.884. The van der Waals surface area contributed by atoms with Gasteiger partial charge in [0.25, 0.3) is 0 Å². The normalized spacial score (nSPS) is 14.9. The SMILES string of the molecule is Cc1c2c(cc(Cl)c1C(C)(C)CO)OCCO2. The third-order valence-corrected chi connectivity index (χ3v) is 3.39. The van der Waals surface area contributed by atoms with Gasteiger partial charge in [-0.15, -0.1) is 0 Å². The van der Waals surface area contributed by atoms with E-state index < -0.39 is 5.41 Å². The maximum Gasteiger partial charge on any atom is 0.164 e. The average Bonchev–Trinajstić information content (AvgIpc) is 2.28. The third kappa shape index (κ3) is 2.09. The van der Waals surface area contributed by atoms with E-state index in [0.29, 0.717) is 24.0 Å². The van der Waals surface area contributed by atoms with Gasteiger partial charge in [-0.2, -0.15) is 0 Å². The zero-order chi connectivity index (χ0) is 12.6. The van der Waals surface area contributed by atoms with Crippen LogP contribution >= 0.6 is 11.6 Å². The summed E-state index contributed by atoms with van der Waals surface area (Å²) in [6, 6.07) is 1.77. The number of hydrogen-bond donors (Lipinski definition) is 1. The molecule has 0 saturated heterocycles. The van der Waals surface area contributed by atoms with Crippen LogP contribution in [0.25, 0.3) is 0 Å². The summed E-state index contributed by atoms with van der Waals surface area (Å²) in [7, 11) is 0. The van der Waals surface area contributed by atoms with E-state index in [2.05, 4.69) is 0 Å². The Kier molecular flexibility index (Phi) is 3.23. The van der Waals surface area contributed by atoms with E-state index in [1.807, 2.05) is 20.8 Å². The number of halogens is 1. The van der Waals surface area contributed by atoms with Crippen molar-refractivity contribution in [1.29, 1.82) is 0 Å². The minimum Gasteiger partial charge on any atom is -0.486 e. The van der Waals surface area contributed by atoms with Gasteiger partial charge in [0.05, 0.1) is 6.61 Å². The Morgan fingerprint density at radius 1 is 1.35 bits per heavy atom. The minimum atomic E-state index is -0.392. The average molecular weight is 257 g/mol. The van der Waals surface area contributed by atoms with Crippen molar-refractivity contribution in [2.45, 2.75) is 26.2 Å². The molecule has 2 rings (SSSR count). The van der Waals surface area contributed by atoms with E-state index in [1.54, 1.807) is 6.07 Å². The van der Waals surface area contributed by atoms with Crippen LogP contribution in [0.2, 0.25) is 5.02 Å². The molecule has 1 aromatic rings. The van der Waals surface area contributed by atoms with E-state index in [9.17, 15) is 5.11 Å². The number of hydrogen-bond acceptors (Lipinski definition) is 3. The second-order valence-electron chi connectivity index (χ2n) is 4.92. The van der Waals surface area contributed by atoms with Crippen LogP contribution in [0.15, 0.2) is 6.07 Å². The highest BCUT2D eigenvalue weighted by Crippen LogP contribution is 2.43. The Labute approximate surface area is 106 Å². The Balaban J connectivity index is 2.61. The van der Waals surface area contributed by atoms with Crippen LogP contribution in [0, 0.1) is 6.92 Å². The van der Waals surface area contributed by atoms with Crippen molar-refractivity contribution in [1.82, 2.24) is 0 Å². The molecule has 0 saturated carbocycles. The zero-order valence-corrected chi connectivity index (χ0v) is 11.1. The first-order valence-corrected chi connectivity index (χ1v) is 6.05. The van der Waals surface area contributed by atoms with Gasteiger partial charge in [-0.3, -0.25) is 0 Å². The van der Waals surface area contributed by atoms with E-state index in [1.165, 1.54) is 0 Å². The lowest BCUT2D eigenvalue weighted by Crippen LogP contribution is -2.25. The third-order valence-electron chi connectivity index (χ3n) is 3.10. The smallest absolute Gasteiger partial charge is 0.164 e. The summed E-state index contributed by atoms with van der Waals surface area (Å²) in [5, 5.41) is 10.1. The lowest BCUT2D eigenvalue weighted by Gasteiger charge is -2.29. The Bertz CT molecular complexity index is 441. The van der Waals surface area contributed by atoms with Crippen LogP contribution in [0.3, 0.4) is 0 Å². The first kappa shape index (κ1) is 12.5. The summed E-state index contributed by atoms with van der Waals surface area (Å²) in [4.78, 5) is 0. The monoisotopic (exact) mass is 256 g/mol. The summed E-state index contributed by atoms with van der Waals surface area (Å²) in [6.45, 7) is 6.99. The second kappa shape index (κ2) is 4.39. The summed E-state index contributed by atoms with van der Waals surface area (Å²) < 4.78 is 11.1. The fourth-order valence-electron chi connectivity index (χ4n) is 2.22. The predicted octanol–water partition coefficient (Wildman–Crippen LogP) is 2.69. The van der Waals surface area contributed by atoms with Crippen molar-refractivity contribution < 1.29 is 14.6 Å². The van der Waals surface area contributed by atoms with Gasteiger partial charge in [0, 0.05) is 22.1 Å². The van der Waals surface area contributed by atoms with Crippen LogP contribution in [-0.2, 0) is 5.41 Å². The number of aliphatic hydroxyl groups excluding tert-OH is 1. The first-order chi connectivity index (χ1) is 7.97. The Hall–Kier alpha value is -0.930. The molecule has 0 amide bonds. The maximum absolute atomic E-state index is 9.47. The van der Waals surface area contributed by atoms with E-state index >= 15 is 0 Å². The number of benzene rings is 1. The fourth-order valence-corrected chi connectivity index (χ4v) is 2.72. The van der Waals surface area contributed by atoms with Gasteiger partial charge in [0.1, 0.15) is 13.2 Å². The zero-order valence-electron chi connectivity index (χ0n) is 10.3. The number of ether oxygens (including phenoxy) is 2. The molecular weight excluding hydrogens is 240 g/mol. The summed E-state index contributed by atoms with van der Waals surface area (Å²) in [5.74, 6) is 1.44. The molecule has 0 spiro atoms. The first-order valence-electron chi connectivity index (χ1n) is 5.67. The molecule has 1 N–H and O–H groups in total. The standard InChI is InChI=1S/C13H17ClO3/c1-8-11(13(2,3)7-15)9(14)6-10-12(8)17-5-4-16-10/h6,15H,4-5,7H2,1-3H3. The summed E-state index contributed by atoms with van der Waals surface area (Å²) >= 11 is 6.28. The lowest BCUT2D eigenvalue weighted by atomic mass is 9.82. The van der Waals surface area contributed by atoms with Crippen LogP contribution in [0.1, 0.15) is 25.0 Å². The van der Waals surface area contributed by atoms with Crippen molar-refractivity contribution >= 4 is 11.6 Å². The number of fused-ring (bicyclic) bond motifs is 1. The minimum absolute atomic E-state index is 0.0349. The largest absolute Gasteiger partial charge is 0.486 e. The van der Waals surface area contributed by atoms with Crippen molar-refractivity contribution in [2.24, 2.45) is 0 Å². The molecule has 1 aliphatic heterocycles. The number of rotatable bonds is 2. The van der Waals surface area contributed by atoms with Gasteiger partial charge in [-0.1, -0.05) is 25.4 Å². The molecule has 3 nitrogen and oxygen atoms in total. The van der Waals surface area contributed by atoms with Crippen LogP contribution < -0.4 is 9.47 Å². The maximum atomic E-state index is 9.47. The van der Waals surface area contributed by atoms with E-state index in [0.717, 1.165) is 16.9 Å². The van der Waals surface area contributed by atoms with Crippen molar-refractivity contribution in [3.8, 4) is 11.5 Å². The van der Waals surface area contributed by atoms with Gasteiger partial charge in [-0.05, 0) is 12.5 Å². The highest BCUT2D eigenvalue weighted by molar-refractivity contribution is 6.31. The lowest BCUT2D eigenvalue weighted by molar-refractivity contribution is 0.169. The molecule has 94 valence electrons. The van der Waals surface area contributed by atoms with Crippen LogP contribution in [0.4, 0.5) is 0 Å². The molecule has 0 atom stereocenters. The van der Waals surface area contributed by atoms with Gasteiger partial charge in [0.15, 0.2) is 11.5 Å².